The molecule has 0 unspecified atom stereocenters. The minimum Gasteiger partial charge on any atom is -0.497 e. The Balaban J connectivity index is 1.63. The summed E-state index contributed by atoms with van der Waals surface area (Å²) in [6.45, 7) is 10.4. The van der Waals surface area contributed by atoms with E-state index in [1.165, 1.54) is 11.8 Å². The second kappa shape index (κ2) is 11.9. The predicted octanol–water partition coefficient (Wildman–Crippen LogP) is 4.80. The third-order valence-electron chi connectivity index (χ3n) is 6.78. The molecule has 4 rings (SSSR count). The number of benzene rings is 1. The van der Waals surface area contributed by atoms with Crippen LogP contribution in [0.4, 0.5) is 0 Å². The van der Waals surface area contributed by atoms with E-state index in [0.717, 1.165) is 17.7 Å². The third-order valence-corrected chi connectivity index (χ3v) is 7.67. The molecule has 0 N–H and O–H groups in total. The molecular formula is C29H37N3O6S. The van der Waals surface area contributed by atoms with Crippen molar-refractivity contribution in [3.8, 4) is 5.75 Å². The highest BCUT2D eigenvalue weighted by Crippen LogP contribution is 2.45. The molecule has 0 radical (unpaired) electrons. The van der Waals surface area contributed by atoms with E-state index in [-0.39, 0.29) is 24.2 Å². The van der Waals surface area contributed by atoms with E-state index in [0.29, 0.717) is 48.3 Å². The van der Waals surface area contributed by atoms with Crippen molar-refractivity contribution in [1.82, 2.24) is 9.80 Å². The Labute approximate surface area is 234 Å². The van der Waals surface area contributed by atoms with Gasteiger partial charge in [-0.1, -0.05) is 23.9 Å². The molecule has 3 aliphatic rings. The van der Waals surface area contributed by atoms with Gasteiger partial charge in [0.2, 0.25) is 5.91 Å². The maximum Gasteiger partial charge on any atom is 0.338 e. The number of esters is 2. The number of fused-ring (bicyclic) bond motifs is 1. The number of nitrogens with zero attached hydrogens (tertiary/aromatic N) is 3. The number of amides is 1. The number of methoxy groups -OCH3 is 1. The summed E-state index contributed by atoms with van der Waals surface area (Å²) in [4.78, 5) is 47.7. The third kappa shape index (κ3) is 6.49. The van der Waals surface area contributed by atoms with Crippen LogP contribution in [-0.4, -0.2) is 65.2 Å². The standard InChI is InChI=1S/C29H37N3O6S/c1-7-37-26(34)20-9-8-14-31(16-20)23(33)15-21-17-39-28-30-18(2)24(27(35)38-29(3,4)5)25(32(21)28)19-10-12-22(36-6)13-11-19/h10-13,17,20,25H,7-9,14-16H2,1-6H3/t20-,25+/m1/s1. The van der Waals surface area contributed by atoms with Crippen LogP contribution in [0, 0.1) is 5.92 Å². The minimum absolute atomic E-state index is 0.0735. The van der Waals surface area contributed by atoms with Crippen LogP contribution in [0.1, 0.15) is 65.5 Å². The Kier molecular flexibility index (Phi) is 8.73. The largest absolute Gasteiger partial charge is 0.497 e. The number of ether oxygens (including phenoxy) is 3. The SMILES string of the molecule is CCOC(=O)[C@@H]1CCCN(C(=O)CC2=CSC3=NC(C)=C(C(=O)OC(C)(C)C)[C@H](c4ccc(OC)cc4)N23)C1. The first kappa shape index (κ1) is 28.7. The number of piperidine rings is 1. The zero-order valence-corrected chi connectivity index (χ0v) is 24.3. The monoisotopic (exact) mass is 555 g/mol. The number of carbonyl (C=O) groups is 3. The fraction of sp³-hybridized carbons (Fsp3) is 0.517. The molecule has 39 heavy (non-hydrogen) atoms. The van der Waals surface area contributed by atoms with Gasteiger partial charge in [0.15, 0.2) is 5.17 Å². The molecule has 1 aromatic rings. The van der Waals surface area contributed by atoms with E-state index in [2.05, 4.69) is 0 Å². The van der Waals surface area contributed by atoms with Crippen molar-refractivity contribution in [2.24, 2.45) is 10.9 Å². The topological polar surface area (TPSA) is 97.7 Å². The molecule has 0 spiro atoms. The molecule has 0 bridgehead atoms. The lowest BCUT2D eigenvalue weighted by atomic mass is 9.93. The summed E-state index contributed by atoms with van der Waals surface area (Å²) in [5.41, 5.74) is 1.93. The van der Waals surface area contributed by atoms with E-state index in [1.54, 1.807) is 18.9 Å². The zero-order valence-electron chi connectivity index (χ0n) is 23.5. The van der Waals surface area contributed by atoms with Crippen molar-refractivity contribution in [3.63, 3.8) is 0 Å². The van der Waals surface area contributed by atoms with Crippen LogP contribution < -0.4 is 4.74 Å². The first-order chi connectivity index (χ1) is 18.5. The zero-order chi connectivity index (χ0) is 28.3. The maximum absolute atomic E-state index is 13.5. The molecule has 1 saturated heterocycles. The van der Waals surface area contributed by atoms with E-state index in [4.69, 9.17) is 19.2 Å². The molecule has 3 heterocycles. The highest BCUT2D eigenvalue weighted by molar-refractivity contribution is 8.16. The van der Waals surface area contributed by atoms with Gasteiger partial charge in [-0.3, -0.25) is 9.59 Å². The van der Waals surface area contributed by atoms with Gasteiger partial charge in [-0.2, -0.15) is 0 Å². The van der Waals surface area contributed by atoms with Crippen LogP contribution in [0.3, 0.4) is 0 Å². The quantitative estimate of drug-likeness (QED) is 0.443. The number of hydrogen-bond donors (Lipinski definition) is 0. The van der Waals surface area contributed by atoms with Crippen molar-refractivity contribution in [2.75, 3.05) is 26.8 Å². The maximum atomic E-state index is 13.5. The van der Waals surface area contributed by atoms with Gasteiger partial charge < -0.3 is 24.0 Å². The summed E-state index contributed by atoms with van der Waals surface area (Å²) in [6.07, 6.45) is 1.58. The van der Waals surface area contributed by atoms with E-state index >= 15 is 0 Å². The number of allylic oxidation sites excluding steroid dienone is 1. The minimum atomic E-state index is -0.684. The van der Waals surface area contributed by atoms with Gasteiger partial charge in [-0.15, -0.1) is 0 Å². The molecule has 10 heteroatoms. The van der Waals surface area contributed by atoms with Gasteiger partial charge >= 0.3 is 11.9 Å². The summed E-state index contributed by atoms with van der Waals surface area (Å²) >= 11 is 1.43. The molecule has 1 fully saturated rings. The average molecular weight is 556 g/mol. The number of carbonyl (C=O) groups excluding carboxylic acids is 3. The fourth-order valence-corrected chi connectivity index (χ4v) is 5.95. The van der Waals surface area contributed by atoms with Gasteiger partial charge in [0.05, 0.1) is 43.4 Å². The number of aliphatic imine (C=N–C) groups is 1. The Morgan fingerprint density at radius 1 is 1.15 bits per heavy atom. The Bertz CT molecular complexity index is 1210. The highest BCUT2D eigenvalue weighted by Gasteiger charge is 2.42. The normalized spacial score (nSPS) is 21.2. The molecule has 0 saturated carbocycles. The second-order valence-electron chi connectivity index (χ2n) is 10.8. The number of likely N-dealkylation sites (tertiary alicyclic amines) is 1. The molecule has 1 aromatic carbocycles. The lowest BCUT2D eigenvalue weighted by Gasteiger charge is -2.38. The first-order valence-electron chi connectivity index (χ1n) is 13.3. The van der Waals surface area contributed by atoms with Crippen molar-refractivity contribution in [3.05, 3.63) is 52.2 Å². The molecule has 0 aliphatic carbocycles. The van der Waals surface area contributed by atoms with Gasteiger partial charge in [0.1, 0.15) is 11.4 Å². The van der Waals surface area contributed by atoms with Crippen molar-refractivity contribution < 1.29 is 28.6 Å². The van der Waals surface area contributed by atoms with Crippen LogP contribution in [-0.2, 0) is 23.9 Å². The number of thioether (sulfide) groups is 1. The molecule has 210 valence electrons. The molecule has 1 amide bonds. The highest BCUT2D eigenvalue weighted by atomic mass is 32.2. The van der Waals surface area contributed by atoms with Crippen LogP contribution in [0.15, 0.2) is 51.6 Å². The Hall–Kier alpha value is -3.27. The first-order valence-corrected chi connectivity index (χ1v) is 14.2. The molecule has 9 nitrogen and oxygen atoms in total. The number of amidine groups is 1. The fourth-order valence-electron chi connectivity index (χ4n) is 4.99. The summed E-state index contributed by atoms with van der Waals surface area (Å²) in [5, 5.41) is 2.62. The van der Waals surface area contributed by atoms with Gasteiger partial charge in [-0.25, -0.2) is 9.79 Å². The van der Waals surface area contributed by atoms with Crippen LogP contribution in [0.5, 0.6) is 5.75 Å². The summed E-state index contributed by atoms with van der Waals surface area (Å²) in [7, 11) is 1.60. The molecule has 3 aliphatic heterocycles. The number of rotatable bonds is 7. The summed E-state index contributed by atoms with van der Waals surface area (Å²) in [6, 6.07) is 7.01. The lowest BCUT2D eigenvalue weighted by molar-refractivity contribution is -0.152. The van der Waals surface area contributed by atoms with Crippen molar-refractivity contribution in [1.29, 1.82) is 0 Å². The molecule has 0 aromatic heterocycles. The van der Waals surface area contributed by atoms with E-state index < -0.39 is 17.6 Å². The smallest absolute Gasteiger partial charge is 0.338 e. The van der Waals surface area contributed by atoms with Crippen molar-refractivity contribution in [2.45, 2.75) is 65.5 Å². The van der Waals surface area contributed by atoms with Crippen LogP contribution in [0.25, 0.3) is 0 Å². The van der Waals surface area contributed by atoms with Crippen molar-refractivity contribution >= 4 is 34.8 Å². The van der Waals surface area contributed by atoms with E-state index in [9.17, 15) is 14.4 Å². The Morgan fingerprint density at radius 3 is 2.51 bits per heavy atom. The number of hydrogen-bond acceptors (Lipinski definition) is 9. The molecule has 2 atom stereocenters. The summed E-state index contributed by atoms with van der Waals surface area (Å²) in [5.74, 6) is -0.377. The lowest BCUT2D eigenvalue weighted by Crippen LogP contribution is -2.44. The average Bonchev–Trinajstić information content (AvgIpc) is 3.28. The van der Waals surface area contributed by atoms with Crippen LogP contribution in [0.2, 0.25) is 0 Å². The molecular weight excluding hydrogens is 518 g/mol. The second-order valence-corrected chi connectivity index (χ2v) is 11.6. The predicted molar refractivity (Wildman–Crippen MR) is 150 cm³/mol. The summed E-state index contributed by atoms with van der Waals surface area (Å²) < 4.78 is 16.3. The van der Waals surface area contributed by atoms with Gasteiger partial charge in [0.25, 0.3) is 0 Å². The van der Waals surface area contributed by atoms with Gasteiger partial charge in [0, 0.05) is 18.8 Å². The van der Waals surface area contributed by atoms with E-state index in [1.807, 2.05) is 62.3 Å². The van der Waals surface area contributed by atoms with Crippen LogP contribution >= 0.6 is 11.8 Å². The van der Waals surface area contributed by atoms with Gasteiger partial charge in [-0.05, 0) is 70.6 Å². The Morgan fingerprint density at radius 2 is 1.87 bits per heavy atom.